The van der Waals surface area contributed by atoms with Gasteiger partial charge in [0.25, 0.3) is 0 Å². The van der Waals surface area contributed by atoms with Gasteiger partial charge in [-0.3, -0.25) is 0 Å². The third-order valence-electron chi connectivity index (χ3n) is 3.77. The minimum atomic E-state index is 0.236. The number of hydrogen-bond donors (Lipinski definition) is 1. The predicted molar refractivity (Wildman–Crippen MR) is 79.6 cm³/mol. The van der Waals surface area contributed by atoms with Gasteiger partial charge in [-0.15, -0.1) is 0 Å². The maximum absolute atomic E-state index is 3.50. The molecule has 1 fully saturated rings. The zero-order valence-corrected chi connectivity index (χ0v) is 12.4. The number of piperazine rings is 1. The second-order valence-corrected chi connectivity index (χ2v) is 6.55. The van der Waals surface area contributed by atoms with E-state index in [4.69, 9.17) is 0 Å². The SMILES string of the molecule is Cc1cc(C(C)(C)C)ccc1N1CCNC(C)C1. The number of aryl methyl sites for hydroxylation is 1. The minimum Gasteiger partial charge on any atom is -0.368 e. The first-order valence-electron chi connectivity index (χ1n) is 6.97. The van der Waals surface area contributed by atoms with Gasteiger partial charge in [-0.2, -0.15) is 0 Å². The molecule has 0 spiro atoms. The maximum atomic E-state index is 3.50. The van der Waals surface area contributed by atoms with Crippen LogP contribution in [-0.2, 0) is 5.41 Å². The average Bonchev–Trinajstić information content (AvgIpc) is 2.27. The van der Waals surface area contributed by atoms with Gasteiger partial charge in [0, 0.05) is 31.4 Å². The molecule has 1 atom stereocenters. The summed E-state index contributed by atoms with van der Waals surface area (Å²) in [6, 6.07) is 7.52. The molecular weight excluding hydrogens is 220 g/mol. The Kier molecular flexibility index (Phi) is 3.67. The van der Waals surface area contributed by atoms with Gasteiger partial charge < -0.3 is 10.2 Å². The normalized spacial score (nSPS) is 21.2. The smallest absolute Gasteiger partial charge is 0.0397 e. The molecule has 2 nitrogen and oxygen atoms in total. The molecule has 18 heavy (non-hydrogen) atoms. The molecule has 1 unspecified atom stereocenters. The fraction of sp³-hybridized carbons (Fsp3) is 0.625. The Labute approximate surface area is 111 Å². The molecule has 1 aromatic rings. The number of benzene rings is 1. The summed E-state index contributed by atoms with van der Waals surface area (Å²) in [6.07, 6.45) is 0. The standard InChI is InChI=1S/C16H26N2/c1-12-10-14(16(3,4)5)6-7-15(12)18-9-8-17-13(2)11-18/h6-7,10,13,17H,8-9,11H2,1-5H3. The molecule has 0 bridgehead atoms. The predicted octanol–water partition coefficient (Wildman–Crippen LogP) is 3.09. The van der Waals surface area contributed by atoms with Crippen molar-refractivity contribution in [2.45, 2.75) is 46.1 Å². The molecule has 100 valence electrons. The summed E-state index contributed by atoms with van der Waals surface area (Å²) in [6.45, 7) is 14.6. The van der Waals surface area contributed by atoms with E-state index in [0.29, 0.717) is 6.04 Å². The molecule has 1 aromatic carbocycles. The number of rotatable bonds is 1. The van der Waals surface area contributed by atoms with E-state index in [2.05, 4.69) is 63.0 Å². The summed E-state index contributed by atoms with van der Waals surface area (Å²) in [5.74, 6) is 0. The third kappa shape index (κ3) is 2.86. The Bertz CT molecular complexity index is 418. The van der Waals surface area contributed by atoms with Crippen LogP contribution < -0.4 is 10.2 Å². The first-order valence-corrected chi connectivity index (χ1v) is 6.97. The summed E-state index contributed by atoms with van der Waals surface area (Å²) in [5.41, 5.74) is 4.46. The second-order valence-electron chi connectivity index (χ2n) is 6.55. The van der Waals surface area contributed by atoms with Gasteiger partial charge in [-0.1, -0.05) is 32.9 Å². The first kappa shape index (κ1) is 13.4. The van der Waals surface area contributed by atoms with Crippen molar-refractivity contribution in [3.05, 3.63) is 29.3 Å². The van der Waals surface area contributed by atoms with Crippen molar-refractivity contribution in [1.82, 2.24) is 5.32 Å². The molecule has 2 heteroatoms. The molecule has 0 amide bonds. The van der Waals surface area contributed by atoms with Gasteiger partial charge in [0.1, 0.15) is 0 Å². The van der Waals surface area contributed by atoms with Crippen molar-refractivity contribution in [3.63, 3.8) is 0 Å². The van der Waals surface area contributed by atoms with Crippen molar-refractivity contribution in [3.8, 4) is 0 Å². The fourth-order valence-electron chi connectivity index (χ4n) is 2.63. The summed E-state index contributed by atoms with van der Waals surface area (Å²) < 4.78 is 0. The van der Waals surface area contributed by atoms with Crippen LogP contribution in [0.1, 0.15) is 38.8 Å². The Balaban J connectivity index is 2.24. The number of nitrogens with one attached hydrogen (secondary N) is 1. The van der Waals surface area contributed by atoms with E-state index in [0.717, 1.165) is 19.6 Å². The topological polar surface area (TPSA) is 15.3 Å². The minimum absolute atomic E-state index is 0.236. The second kappa shape index (κ2) is 4.93. The highest BCUT2D eigenvalue weighted by atomic mass is 15.2. The monoisotopic (exact) mass is 246 g/mol. The summed E-state index contributed by atoms with van der Waals surface area (Å²) in [5, 5.41) is 3.50. The van der Waals surface area contributed by atoms with E-state index in [9.17, 15) is 0 Å². The molecule has 2 rings (SSSR count). The van der Waals surface area contributed by atoms with Gasteiger partial charge in [0.15, 0.2) is 0 Å². The Morgan fingerprint density at radius 2 is 2.00 bits per heavy atom. The van der Waals surface area contributed by atoms with E-state index in [1.54, 1.807) is 0 Å². The van der Waals surface area contributed by atoms with Gasteiger partial charge in [0.2, 0.25) is 0 Å². The number of anilines is 1. The summed E-state index contributed by atoms with van der Waals surface area (Å²) >= 11 is 0. The lowest BCUT2D eigenvalue weighted by Gasteiger charge is -2.35. The highest BCUT2D eigenvalue weighted by Gasteiger charge is 2.19. The van der Waals surface area contributed by atoms with E-state index in [1.807, 2.05) is 0 Å². The van der Waals surface area contributed by atoms with Crippen molar-refractivity contribution in [2.24, 2.45) is 0 Å². The highest BCUT2D eigenvalue weighted by molar-refractivity contribution is 5.55. The quantitative estimate of drug-likeness (QED) is 0.819. The van der Waals surface area contributed by atoms with Crippen molar-refractivity contribution >= 4 is 5.69 Å². The Morgan fingerprint density at radius 3 is 2.56 bits per heavy atom. The lowest BCUT2D eigenvalue weighted by Crippen LogP contribution is -2.49. The number of nitrogens with zero attached hydrogens (tertiary/aromatic N) is 1. The zero-order chi connectivity index (χ0) is 13.3. The molecule has 0 aromatic heterocycles. The molecule has 1 aliphatic rings. The molecule has 1 N–H and O–H groups in total. The van der Waals surface area contributed by atoms with Gasteiger partial charge in [0.05, 0.1) is 0 Å². The van der Waals surface area contributed by atoms with Crippen LogP contribution in [0.3, 0.4) is 0 Å². The lowest BCUT2D eigenvalue weighted by atomic mass is 9.86. The molecule has 0 saturated carbocycles. The zero-order valence-electron chi connectivity index (χ0n) is 12.4. The van der Waals surface area contributed by atoms with Crippen LogP contribution in [-0.4, -0.2) is 25.7 Å². The fourth-order valence-corrected chi connectivity index (χ4v) is 2.63. The average molecular weight is 246 g/mol. The third-order valence-corrected chi connectivity index (χ3v) is 3.77. The van der Waals surface area contributed by atoms with Crippen molar-refractivity contribution in [2.75, 3.05) is 24.5 Å². The summed E-state index contributed by atoms with van der Waals surface area (Å²) in [7, 11) is 0. The number of hydrogen-bond acceptors (Lipinski definition) is 2. The highest BCUT2D eigenvalue weighted by Crippen LogP contribution is 2.28. The molecule has 1 heterocycles. The van der Waals surface area contributed by atoms with Gasteiger partial charge >= 0.3 is 0 Å². The van der Waals surface area contributed by atoms with Crippen LogP contribution in [0.4, 0.5) is 5.69 Å². The van der Waals surface area contributed by atoms with E-state index in [-0.39, 0.29) is 5.41 Å². The van der Waals surface area contributed by atoms with Gasteiger partial charge in [-0.25, -0.2) is 0 Å². The van der Waals surface area contributed by atoms with E-state index in [1.165, 1.54) is 16.8 Å². The Morgan fingerprint density at radius 1 is 1.28 bits per heavy atom. The van der Waals surface area contributed by atoms with Crippen LogP contribution in [0.5, 0.6) is 0 Å². The first-order chi connectivity index (χ1) is 8.38. The lowest BCUT2D eigenvalue weighted by molar-refractivity contribution is 0.484. The van der Waals surface area contributed by atoms with Crippen LogP contribution in [0.15, 0.2) is 18.2 Å². The molecule has 0 aliphatic carbocycles. The largest absolute Gasteiger partial charge is 0.368 e. The van der Waals surface area contributed by atoms with Crippen LogP contribution >= 0.6 is 0 Å². The summed E-state index contributed by atoms with van der Waals surface area (Å²) in [4.78, 5) is 2.50. The van der Waals surface area contributed by atoms with Crippen LogP contribution in [0.25, 0.3) is 0 Å². The van der Waals surface area contributed by atoms with Crippen molar-refractivity contribution in [1.29, 1.82) is 0 Å². The molecule has 1 saturated heterocycles. The Hall–Kier alpha value is -1.02. The maximum Gasteiger partial charge on any atom is 0.0397 e. The van der Waals surface area contributed by atoms with E-state index < -0.39 is 0 Å². The van der Waals surface area contributed by atoms with Crippen molar-refractivity contribution < 1.29 is 0 Å². The van der Waals surface area contributed by atoms with Gasteiger partial charge in [-0.05, 0) is 36.5 Å². The molecule has 0 radical (unpaired) electrons. The van der Waals surface area contributed by atoms with Crippen LogP contribution in [0.2, 0.25) is 0 Å². The van der Waals surface area contributed by atoms with E-state index >= 15 is 0 Å². The van der Waals surface area contributed by atoms with Crippen LogP contribution in [0, 0.1) is 6.92 Å². The molecule has 1 aliphatic heterocycles. The molecular formula is C16H26N2.